The Morgan fingerprint density at radius 3 is 2.81 bits per heavy atom. The van der Waals surface area contributed by atoms with Gasteiger partial charge in [-0.25, -0.2) is 4.79 Å². The summed E-state index contributed by atoms with van der Waals surface area (Å²) in [5, 5.41) is 7.58. The molecular formula is C19H23ClN4O3. The molecule has 2 aliphatic rings. The number of carbonyl (C=O) groups excluding carboxylic acids is 1. The van der Waals surface area contributed by atoms with E-state index in [1.54, 1.807) is 0 Å². The fourth-order valence-corrected chi connectivity index (χ4v) is 4.31. The quantitative estimate of drug-likeness (QED) is 0.844. The van der Waals surface area contributed by atoms with Crippen molar-refractivity contribution in [3.63, 3.8) is 0 Å². The first-order valence-corrected chi connectivity index (χ1v) is 9.55. The van der Waals surface area contributed by atoms with Gasteiger partial charge in [0, 0.05) is 42.4 Å². The number of likely N-dealkylation sites (tertiary alicyclic amines) is 1. The van der Waals surface area contributed by atoms with Crippen LogP contribution in [0.4, 0.5) is 10.5 Å². The minimum absolute atomic E-state index is 0.0220. The van der Waals surface area contributed by atoms with Crippen molar-refractivity contribution < 1.29 is 14.1 Å². The van der Waals surface area contributed by atoms with Gasteiger partial charge in [0.25, 0.3) is 0 Å². The number of benzene rings is 1. The van der Waals surface area contributed by atoms with Crippen molar-refractivity contribution >= 4 is 23.3 Å². The lowest BCUT2D eigenvalue weighted by molar-refractivity contribution is 0.00959. The monoisotopic (exact) mass is 390 g/mol. The summed E-state index contributed by atoms with van der Waals surface area (Å²) in [6.07, 6.45) is 1.75. The number of amides is 2. The normalized spacial score (nSPS) is 21.6. The van der Waals surface area contributed by atoms with Gasteiger partial charge in [-0.15, -0.1) is 0 Å². The minimum atomic E-state index is -0.134. The van der Waals surface area contributed by atoms with Crippen molar-refractivity contribution in [3.8, 4) is 0 Å². The molecule has 0 aliphatic carbocycles. The van der Waals surface area contributed by atoms with E-state index in [0.717, 1.165) is 24.1 Å². The third-order valence-electron chi connectivity index (χ3n) is 5.77. The third-order valence-corrected chi connectivity index (χ3v) is 6.18. The Hall–Kier alpha value is -2.12. The number of ether oxygens (including phenoxy) is 1. The van der Waals surface area contributed by atoms with Crippen LogP contribution in [0.15, 0.2) is 22.7 Å². The molecule has 2 aromatic rings. The zero-order valence-corrected chi connectivity index (χ0v) is 16.3. The molecule has 1 spiro atoms. The van der Waals surface area contributed by atoms with Crippen LogP contribution in [0, 0.1) is 19.3 Å². The van der Waals surface area contributed by atoms with Crippen LogP contribution in [0.2, 0.25) is 5.02 Å². The number of carbonyl (C=O) groups is 1. The van der Waals surface area contributed by atoms with Gasteiger partial charge in [0.2, 0.25) is 5.89 Å². The van der Waals surface area contributed by atoms with Gasteiger partial charge in [-0.05, 0) is 44.4 Å². The Kier molecular flexibility index (Phi) is 4.82. The van der Waals surface area contributed by atoms with Crippen molar-refractivity contribution in [1.82, 2.24) is 15.0 Å². The average molecular weight is 391 g/mol. The molecule has 8 heteroatoms. The number of nitrogens with one attached hydrogen (secondary N) is 1. The smallest absolute Gasteiger partial charge is 0.321 e. The molecule has 2 amide bonds. The predicted octanol–water partition coefficient (Wildman–Crippen LogP) is 3.77. The lowest BCUT2D eigenvalue weighted by Gasteiger charge is -2.36. The first-order valence-electron chi connectivity index (χ1n) is 9.17. The van der Waals surface area contributed by atoms with E-state index in [1.807, 2.05) is 36.9 Å². The van der Waals surface area contributed by atoms with E-state index in [2.05, 4.69) is 15.5 Å². The van der Waals surface area contributed by atoms with Crippen LogP contribution in [-0.2, 0) is 4.74 Å². The van der Waals surface area contributed by atoms with Crippen LogP contribution in [0.5, 0.6) is 0 Å². The molecular weight excluding hydrogens is 368 g/mol. The molecule has 2 fully saturated rings. The van der Waals surface area contributed by atoms with Gasteiger partial charge in [0.05, 0.1) is 5.92 Å². The summed E-state index contributed by atoms with van der Waals surface area (Å²) < 4.78 is 11.0. The Bertz CT molecular complexity index is 847. The number of aromatic nitrogens is 2. The molecule has 27 heavy (non-hydrogen) atoms. The Morgan fingerprint density at radius 1 is 1.33 bits per heavy atom. The second-order valence-electron chi connectivity index (χ2n) is 7.43. The highest BCUT2D eigenvalue weighted by atomic mass is 35.5. The van der Waals surface area contributed by atoms with Gasteiger partial charge >= 0.3 is 6.03 Å². The van der Waals surface area contributed by atoms with Gasteiger partial charge in [-0.1, -0.05) is 22.8 Å². The largest absolute Gasteiger partial charge is 0.381 e. The topological polar surface area (TPSA) is 80.5 Å². The molecule has 3 heterocycles. The average Bonchev–Trinajstić information content (AvgIpc) is 3.23. The molecule has 1 atom stereocenters. The van der Waals surface area contributed by atoms with Crippen molar-refractivity contribution in [1.29, 1.82) is 0 Å². The Morgan fingerprint density at radius 2 is 2.11 bits per heavy atom. The van der Waals surface area contributed by atoms with Gasteiger partial charge < -0.3 is 19.5 Å². The number of nitrogens with zero attached hydrogens (tertiary/aromatic N) is 3. The number of hydrogen-bond acceptors (Lipinski definition) is 5. The summed E-state index contributed by atoms with van der Waals surface area (Å²) in [6, 6.07) is 5.37. The number of aryl methyl sites for hydroxylation is 1. The van der Waals surface area contributed by atoms with Gasteiger partial charge in [-0.2, -0.15) is 4.98 Å². The molecule has 0 bridgehead atoms. The van der Waals surface area contributed by atoms with E-state index in [-0.39, 0.29) is 17.4 Å². The Labute approximate surface area is 163 Å². The SMILES string of the molecule is Cc1noc([C@@H]2CN(C(=O)Nc3cccc(Cl)c3C)CC23CCOCC3)n1. The van der Waals surface area contributed by atoms with Crippen molar-refractivity contribution in [2.24, 2.45) is 5.41 Å². The second-order valence-corrected chi connectivity index (χ2v) is 7.84. The summed E-state index contributed by atoms with van der Waals surface area (Å²) in [5.74, 6) is 1.25. The van der Waals surface area contributed by atoms with Crippen LogP contribution >= 0.6 is 11.6 Å². The molecule has 144 valence electrons. The summed E-state index contributed by atoms with van der Waals surface area (Å²) in [7, 11) is 0. The molecule has 2 aliphatic heterocycles. The summed E-state index contributed by atoms with van der Waals surface area (Å²) >= 11 is 6.17. The maximum absolute atomic E-state index is 13.0. The number of rotatable bonds is 2. The maximum Gasteiger partial charge on any atom is 0.321 e. The summed E-state index contributed by atoms with van der Waals surface area (Å²) in [6.45, 7) is 6.27. The lowest BCUT2D eigenvalue weighted by Crippen LogP contribution is -2.38. The highest BCUT2D eigenvalue weighted by Crippen LogP contribution is 2.49. The number of halogens is 1. The zero-order chi connectivity index (χ0) is 19.0. The first-order chi connectivity index (χ1) is 13.0. The maximum atomic E-state index is 13.0. The summed E-state index contributed by atoms with van der Waals surface area (Å²) in [5.41, 5.74) is 1.50. The van der Waals surface area contributed by atoms with Crippen molar-refractivity contribution in [2.45, 2.75) is 32.6 Å². The number of urea groups is 1. The van der Waals surface area contributed by atoms with Crippen LogP contribution in [0.3, 0.4) is 0 Å². The molecule has 0 unspecified atom stereocenters. The van der Waals surface area contributed by atoms with E-state index in [1.165, 1.54) is 0 Å². The van der Waals surface area contributed by atoms with Gasteiger partial charge in [0.1, 0.15) is 0 Å². The standard InChI is InChI=1S/C19H23ClN4O3/c1-12-15(20)4-3-5-16(12)22-18(25)24-10-14(17-21-13(2)23-27-17)19(11-24)6-8-26-9-7-19/h3-5,14H,6-11H2,1-2H3,(H,22,25)/t14-/m0/s1. The highest BCUT2D eigenvalue weighted by molar-refractivity contribution is 6.31. The fourth-order valence-electron chi connectivity index (χ4n) is 4.14. The molecule has 1 aromatic carbocycles. The van der Waals surface area contributed by atoms with Crippen LogP contribution in [0.25, 0.3) is 0 Å². The second kappa shape index (κ2) is 7.13. The number of anilines is 1. The van der Waals surface area contributed by atoms with Gasteiger partial charge in [-0.3, -0.25) is 0 Å². The first kappa shape index (κ1) is 18.3. The zero-order valence-electron chi connectivity index (χ0n) is 15.5. The lowest BCUT2D eigenvalue weighted by atomic mass is 9.72. The van der Waals surface area contributed by atoms with E-state index in [0.29, 0.717) is 43.0 Å². The van der Waals surface area contributed by atoms with E-state index in [9.17, 15) is 4.79 Å². The molecule has 1 aromatic heterocycles. The van der Waals surface area contributed by atoms with E-state index >= 15 is 0 Å². The number of hydrogen-bond donors (Lipinski definition) is 1. The minimum Gasteiger partial charge on any atom is -0.381 e. The molecule has 7 nitrogen and oxygen atoms in total. The van der Waals surface area contributed by atoms with E-state index in [4.69, 9.17) is 20.9 Å². The molecule has 4 rings (SSSR count). The van der Waals surface area contributed by atoms with Gasteiger partial charge in [0.15, 0.2) is 5.82 Å². The molecule has 0 saturated carbocycles. The van der Waals surface area contributed by atoms with Crippen LogP contribution in [-0.4, -0.2) is 47.4 Å². The molecule has 0 radical (unpaired) electrons. The molecule has 2 saturated heterocycles. The third kappa shape index (κ3) is 3.41. The van der Waals surface area contributed by atoms with Crippen molar-refractivity contribution in [3.05, 3.63) is 40.5 Å². The summed E-state index contributed by atoms with van der Waals surface area (Å²) in [4.78, 5) is 19.3. The highest BCUT2D eigenvalue weighted by Gasteiger charge is 2.51. The van der Waals surface area contributed by atoms with Crippen LogP contribution < -0.4 is 5.32 Å². The molecule has 1 N–H and O–H groups in total. The fraction of sp³-hybridized carbons (Fsp3) is 0.526. The Balaban J connectivity index is 1.57. The van der Waals surface area contributed by atoms with Crippen molar-refractivity contribution in [2.75, 3.05) is 31.6 Å². The van der Waals surface area contributed by atoms with E-state index < -0.39 is 0 Å². The van der Waals surface area contributed by atoms with Crippen LogP contribution in [0.1, 0.15) is 36.0 Å². The predicted molar refractivity (Wildman–Crippen MR) is 101 cm³/mol.